The molecule has 0 saturated carbocycles. The van der Waals surface area contributed by atoms with Crippen LogP contribution < -0.4 is 19.8 Å². The number of aromatic nitrogens is 2. The summed E-state index contributed by atoms with van der Waals surface area (Å²) >= 11 is 0. The maximum atomic E-state index is 15.8. The van der Waals surface area contributed by atoms with Gasteiger partial charge in [0.05, 0.1) is 28.1 Å². The number of anilines is 3. The molecule has 68 heavy (non-hydrogen) atoms. The number of nitrogens with one attached hydrogen (secondary N) is 3. The average molecular weight is 956 g/mol. The van der Waals surface area contributed by atoms with E-state index >= 15 is 13.2 Å². The molecule has 0 spiro atoms. The number of hydrogen-bond acceptors (Lipinski definition) is 11. The summed E-state index contributed by atoms with van der Waals surface area (Å²) in [6.07, 6.45) is 3.16. The van der Waals surface area contributed by atoms with Gasteiger partial charge in [-0.25, -0.2) is 22.5 Å². The maximum absolute atomic E-state index is 15.8. The molecule has 3 aromatic carbocycles. The predicted molar refractivity (Wildman–Crippen MR) is 242 cm³/mol. The number of hydrogen-bond donors (Lipinski definition) is 3. The molecule has 4 amide bonds. The Morgan fingerprint density at radius 2 is 1.51 bits per heavy atom. The van der Waals surface area contributed by atoms with E-state index in [-0.39, 0.29) is 48.2 Å². The van der Waals surface area contributed by atoms with Crippen LogP contribution in [0.15, 0.2) is 67.0 Å². The van der Waals surface area contributed by atoms with Crippen LogP contribution in [0.25, 0.3) is 22.2 Å². The van der Waals surface area contributed by atoms with Gasteiger partial charge < -0.3 is 14.8 Å². The molecule has 2 aromatic heterocycles. The summed E-state index contributed by atoms with van der Waals surface area (Å²) in [4.78, 5) is 79.1. The molecule has 0 aliphatic carbocycles. The van der Waals surface area contributed by atoms with Crippen LogP contribution in [0.2, 0.25) is 0 Å². The Balaban J connectivity index is 0.740. The lowest BCUT2D eigenvalue weighted by atomic mass is 9.95. The Hall–Kier alpha value is -6.71. The molecule has 354 valence electrons. The van der Waals surface area contributed by atoms with Crippen molar-refractivity contribution in [2.75, 3.05) is 73.4 Å². The molecule has 16 nitrogen and oxygen atoms in total. The molecule has 0 radical (unpaired) electrons. The highest BCUT2D eigenvalue weighted by Gasteiger charge is 2.45. The molecule has 4 saturated heterocycles. The van der Waals surface area contributed by atoms with Crippen LogP contribution in [-0.4, -0.2) is 133 Å². The first kappa shape index (κ1) is 45.1. The van der Waals surface area contributed by atoms with Gasteiger partial charge in [0.25, 0.3) is 11.8 Å². The lowest BCUT2D eigenvalue weighted by Crippen LogP contribution is -2.54. The molecule has 4 fully saturated rings. The van der Waals surface area contributed by atoms with Crippen LogP contribution in [0.4, 0.5) is 34.6 Å². The highest BCUT2D eigenvalue weighted by molar-refractivity contribution is 7.90. The zero-order valence-corrected chi connectivity index (χ0v) is 37.3. The van der Waals surface area contributed by atoms with Crippen LogP contribution in [0.5, 0.6) is 0 Å². The number of rotatable bonds is 11. The van der Waals surface area contributed by atoms with E-state index in [0.29, 0.717) is 35.6 Å². The summed E-state index contributed by atoms with van der Waals surface area (Å²) < 4.78 is 88.6. The summed E-state index contributed by atoms with van der Waals surface area (Å²) in [7, 11) is -4.37. The van der Waals surface area contributed by atoms with Gasteiger partial charge in [-0.3, -0.25) is 43.8 Å². The number of carbonyl (C=O) groups excluding carboxylic acids is 5. The van der Waals surface area contributed by atoms with Crippen molar-refractivity contribution in [3.63, 3.8) is 0 Å². The third kappa shape index (κ3) is 8.35. The van der Waals surface area contributed by atoms with E-state index in [0.717, 1.165) is 84.2 Å². The maximum Gasteiger partial charge on any atom is 0.301 e. The quantitative estimate of drug-likeness (QED) is 0.0917. The summed E-state index contributed by atoms with van der Waals surface area (Å²) in [6.45, 7) is 4.74. The number of carbonyl (C=O) groups is 5. The third-order valence-corrected chi connectivity index (χ3v) is 15.2. The van der Waals surface area contributed by atoms with Crippen LogP contribution in [-0.2, 0) is 19.8 Å². The molecular weight excluding hydrogens is 911 g/mol. The minimum Gasteiger partial charge on any atom is -0.369 e. The molecule has 3 N–H and O–H groups in total. The number of amides is 4. The first-order chi connectivity index (χ1) is 32.6. The Morgan fingerprint density at radius 1 is 0.794 bits per heavy atom. The predicted octanol–water partition coefficient (Wildman–Crippen LogP) is 5.02. The van der Waals surface area contributed by atoms with Gasteiger partial charge in [0, 0.05) is 99.9 Å². The number of alkyl halides is 1. The summed E-state index contributed by atoms with van der Waals surface area (Å²) in [5.41, 5.74) is 1.27. The minimum absolute atomic E-state index is 0.00654. The molecule has 1 unspecified atom stereocenters. The number of benzene rings is 3. The first-order valence-electron chi connectivity index (χ1n) is 22.4. The Labute approximate surface area is 387 Å². The van der Waals surface area contributed by atoms with Crippen LogP contribution >= 0.6 is 0 Å². The highest BCUT2D eigenvalue weighted by atomic mass is 32.2. The number of piperidine rings is 2. The molecule has 2 atom stereocenters. The molecule has 5 aliphatic heterocycles. The van der Waals surface area contributed by atoms with Crippen molar-refractivity contribution in [2.24, 2.45) is 5.92 Å². The monoisotopic (exact) mass is 955 g/mol. The lowest BCUT2D eigenvalue weighted by molar-refractivity contribution is -0.136. The molecule has 5 aromatic rings. The first-order valence-corrected chi connectivity index (χ1v) is 23.9. The number of nitrogens with zero attached hydrogens (tertiary/aromatic N) is 6. The number of ketones is 1. The van der Waals surface area contributed by atoms with E-state index in [1.54, 1.807) is 12.3 Å². The van der Waals surface area contributed by atoms with Crippen LogP contribution in [0.1, 0.15) is 68.7 Å². The van der Waals surface area contributed by atoms with Crippen LogP contribution in [0, 0.1) is 23.4 Å². The molecule has 10 rings (SSSR count). The van der Waals surface area contributed by atoms with Crippen molar-refractivity contribution in [3.8, 4) is 11.1 Å². The smallest absolute Gasteiger partial charge is 0.301 e. The number of H-pyrrole nitrogens is 1. The Kier molecular flexibility index (Phi) is 11.8. The zero-order chi connectivity index (χ0) is 47.6. The van der Waals surface area contributed by atoms with E-state index in [4.69, 9.17) is 0 Å². The largest absolute Gasteiger partial charge is 0.369 e. The van der Waals surface area contributed by atoms with E-state index in [1.165, 1.54) is 12.3 Å². The van der Waals surface area contributed by atoms with Gasteiger partial charge >= 0.3 is 10.2 Å². The second kappa shape index (κ2) is 17.7. The van der Waals surface area contributed by atoms with E-state index in [9.17, 15) is 36.8 Å². The zero-order valence-electron chi connectivity index (χ0n) is 36.4. The fraction of sp³-hybridized carbons (Fsp3) is 0.362. The second-order valence-electron chi connectivity index (χ2n) is 17.8. The normalized spacial score (nSPS) is 21.0. The number of pyridine rings is 1. The van der Waals surface area contributed by atoms with Crippen molar-refractivity contribution in [1.82, 2.24) is 29.4 Å². The third-order valence-electron chi connectivity index (χ3n) is 13.7. The summed E-state index contributed by atoms with van der Waals surface area (Å²) in [5, 5.41) is 2.47. The molecule has 0 bridgehead atoms. The molecule has 21 heteroatoms. The SMILES string of the molecule is O=C1CCC(N2C(=O)c3cc(F)c(N4CCC(CN5CCN(c6ccc(-c7cnc8[nH]cc(C(=O)c9c(F)ccc(NS(=O)(=O)N%10CC[C@@H](F)C%10)c9F)c8c7)cc6)CC5)CC4)cc3C2=O)C(=O)N1. The number of fused-ring (bicyclic) bond motifs is 2. The van der Waals surface area contributed by atoms with E-state index < -0.39 is 87.1 Å². The minimum atomic E-state index is -4.37. The number of halogens is 4. The fourth-order valence-electron chi connectivity index (χ4n) is 9.93. The fourth-order valence-corrected chi connectivity index (χ4v) is 11.2. The standard InChI is InChI=1S/C47H45F4N9O7S/c48-29-11-14-59(25-29)68(66,67)55-37-6-5-35(49)41(42(37)51)43(62)34-23-53-44-31(34)19-28(22-52-44)27-1-3-30(4-2-27)57-17-15-56(16-18-57)24-26-9-12-58(13-10-26)39-21-33-32(20-36(39)50)46(64)60(47(33)65)38-7-8-40(61)54-45(38)63/h1-6,19-23,26,29,38,55H,7-18,24-25H2,(H,52,53)(H,54,61,63)/t29-,38?/m1/s1. The summed E-state index contributed by atoms with van der Waals surface area (Å²) in [5.74, 6) is -6.47. The van der Waals surface area contributed by atoms with Crippen molar-refractivity contribution in [1.29, 1.82) is 0 Å². The Bertz CT molecular complexity index is 3010. The average Bonchev–Trinajstić information content (AvgIpc) is 4.03. The topological polar surface area (TPSA) is 188 Å². The van der Waals surface area contributed by atoms with Gasteiger partial charge in [-0.2, -0.15) is 12.7 Å². The van der Waals surface area contributed by atoms with Gasteiger partial charge in [-0.05, 0) is 79.6 Å². The lowest BCUT2D eigenvalue weighted by Gasteiger charge is -2.40. The van der Waals surface area contributed by atoms with Crippen molar-refractivity contribution in [3.05, 3.63) is 107 Å². The van der Waals surface area contributed by atoms with Gasteiger partial charge in [0.2, 0.25) is 17.6 Å². The highest BCUT2D eigenvalue weighted by Crippen LogP contribution is 2.36. The number of aromatic amines is 1. The van der Waals surface area contributed by atoms with Gasteiger partial charge in [0.15, 0.2) is 5.82 Å². The van der Waals surface area contributed by atoms with E-state index in [1.807, 2.05) is 33.9 Å². The van der Waals surface area contributed by atoms with Gasteiger partial charge in [-0.15, -0.1) is 0 Å². The second-order valence-corrected chi connectivity index (χ2v) is 19.5. The van der Waals surface area contributed by atoms with Gasteiger partial charge in [0.1, 0.15) is 29.5 Å². The van der Waals surface area contributed by atoms with Gasteiger partial charge in [-0.1, -0.05) is 12.1 Å². The molecule has 5 aliphatic rings. The molecular formula is C47H45F4N9O7S. The number of piperazine rings is 1. The number of imide groups is 2. The summed E-state index contributed by atoms with van der Waals surface area (Å²) in [6, 6.07) is 12.6. The van der Waals surface area contributed by atoms with Crippen molar-refractivity contribution in [2.45, 2.75) is 44.3 Å². The van der Waals surface area contributed by atoms with Crippen molar-refractivity contribution < 1.29 is 50.0 Å². The Morgan fingerprint density at radius 3 is 2.21 bits per heavy atom. The van der Waals surface area contributed by atoms with E-state index in [2.05, 4.69) is 25.1 Å². The van der Waals surface area contributed by atoms with Crippen molar-refractivity contribution >= 4 is 67.7 Å². The van der Waals surface area contributed by atoms with Crippen LogP contribution in [0.3, 0.4) is 0 Å². The molecule has 7 heterocycles.